The Morgan fingerprint density at radius 3 is 2.64 bits per heavy atom. The molecule has 0 saturated heterocycles. The number of nitrogens with zero attached hydrogens (tertiary/aromatic N) is 1. The fourth-order valence-corrected chi connectivity index (χ4v) is 2.71. The number of carbonyl (C=O) groups excluding carboxylic acids is 1. The highest BCUT2D eigenvalue weighted by Gasteiger charge is 2.24. The number of hydrogen-bond donors (Lipinski definition) is 1. The zero-order valence-electron chi connectivity index (χ0n) is 14.6. The Bertz CT molecular complexity index is 931. The number of hydrogen-bond acceptors (Lipinski definition) is 4. The Morgan fingerprint density at radius 2 is 1.88 bits per heavy atom. The molecule has 4 heteroatoms. The molecule has 1 aromatic heterocycles. The number of pyridine rings is 1. The molecule has 3 rings (SSSR count). The first kappa shape index (κ1) is 17.0. The van der Waals surface area contributed by atoms with Gasteiger partial charge < -0.3 is 9.84 Å². The fourth-order valence-electron chi connectivity index (χ4n) is 2.71. The minimum Gasteiger partial charge on any atom is -0.506 e. The van der Waals surface area contributed by atoms with E-state index < -0.39 is 5.97 Å². The van der Waals surface area contributed by atoms with E-state index in [0.717, 1.165) is 10.9 Å². The molecule has 0 aliphatic rings. The zero-order valence-corrected chi connectivity index (χ0v) is 14.6. The molecule has 25 heavy (non-hydrogen) atoms. The van der Waals surface area contributed by atoms with Crippen LogP contribution in [-0.2, 0) is 10.2 Å². The van der Waals surface area contributed by atoms with Crippen molar-refractivity contribution >= 4 is 16.9 Å². The molecular formula is C21H21NO3. The molecule has 0 unspecified atom stereocenters. The smallest absolute Gasteiger partial charge is 0.356 e. The Kier molecular flexibility index (Phi) is 4.45. The van der Waals surface area contributed by atoms with Crippen LogP contribution in [0.2, 0.25) is 0 Å². The number of benzene rings is 2. The standard InChI is InChI=1S/C21H21NO3/c1-14-6-4-8-16(12-14)21(2,3)13-25-20(24)17-11-10-15-7-5-9-18(23)19(15)22-17/h4-12,23H,13H2,1-3H3. The third kappa shape index (κ3) is 3.63. The number of aromatic nitrogens is 1. The maximum atomic E-state index is 12.4. The topological polar surface area (TPSA) is 59.4 Å². The molecule has 0 saturated carbocycles. The van der Waals surface area contributed by atoms with E-state index >= 15 is 0 Å². The zero-order chi connectivity index (χ0) is 18.0. The van der Waals surface area contributed by atoms with Gasteiger partial charge in [-0.2, -0.15) is 0 Å². The first-order valence-electron chi connectivity index (χ1n) is 8.20. The normalized spacial score (nSPS) is 11.5. The van der Waals surface area contributed by atoms with Crippen molar-refractivity contribution in [3.63, 3.8) is 0 Å². The van der Waals surface area contributed by atoms with Crippen LogP contribution in [0.25, 0.3) is 10.9 Å². The highest BCUT2D eigenvalue weighted by Crippen LogP contribution is 2.25. The van der Waals surface area contributed by atoms with Gasteiger partial charge in [0.15, 0.2) is 0 Å². The van der Waals surface area contributed by atoms with Crippen LogP contribution in [0.4, 0.5) is 0 Å². The summed E-state index contributed by atoms with van der Waals surface area (Å²) in [5, 5.41) is 10.7. The van der Waals surface area contributed by atoms with Crippen LogP contribution < -0.4 is 0 Å². The summed E-state index contributed by atoms with van der Waals surface area (Å²) >= 11 is 0. The van der Waals surface area contributed by atoms with E-state index in [4.69, 9.17) is 4.74 Å². The molecule has 2 aromatic carbocycles. The van der Waals surface area contributed by atoms with E-state index in [9.17, 15) is 9.90 Å². The molecule has 0 radical (unpaired) electrons. The highest BCUT2D eigenvalue weighted by atomic mass is 16.5. The van der Waals surface area contributed by atoms with Gasteiger partial charge in [-0.3, -0.25) is 0 Å². The Hall–Kier alpha value is -2.88. The van der Waals surface area contributed by atoms with Crippen molar-refractivity contribution in [3.05, 3.63) is 71.4 Å². The number of aryl methyl sites for hydroxylation is 1. The van der Waals surface area contributed by atoms with E-state index in [1.807, 2.05) is 45.0 Å². The van der Waals surface area contributed by atoms with Crippen LogP contribution in [0.1, 0.15) is 35.5 Å². The van der Waals surface area contributed by atoms with Gasteiger partial charge in [0.05, 0.1) is 0 Å². The van der Waals surface area contributed by atoms with E-state index in [-0.39, 0.29) is 23.5 Å². The van der Waals surface area contributed by atoms with Crippen LogP contribution >= 0.6 is 0 Å². The van der Waals surface area contributed by atoms with E-state index in [0.29, 0.717) is 5.52 Å². The summed E-state index contributed by atoms with van der Waals surface area (Å²) in [5.41, 5.74) is 2.57. The molecule has 1 heterocycles. The maximum Gasteiger partial charge on any atom is 0.356 e. The summed E-state index contributed by atoms with van der Waals surface area (Å²) in [5.74, 6) is -0.446. The van der Waals surface area contributed by atoms with Crippen LogP contribution in [0.15, 0.2) is 54.6 Å². The molecule has 0 fully saturated rings. The van der Waals surface area contributed by atoms with E-state index in [1.54, 1.807) is 24.3 Å². The number of para-hydroxylation sites is 1. The minimum absolute atomic E-state index is 0.0484. The van der Waals surface area contributed by atoms with Gasteiger partial charge in [-0.25, -0.2) is 9.78 Å². The first-order chi connectivity index (χ1) is 11.9. The number of fused-ring (bicyclic) bond motifs is 1. The third-order valence-electron chi connectivity index (χ3n) is 4.27. The van der Waals surface area contributed by atoms with E-state index in [2.05, 4.69) is 11.1 Å². The summed E-state index contributed by atoms with van der Waals surface area (Å²) in [6, 6.07) is 16.7. The second-order valence-corrected chi connectivity index (χ2v) is 6.87. The molecule has 3 aromatic rings. The first-order valence-corrected chi connectivity index (χ1v) is 8.20. The number of ether oxygens (including phenoxy) is 1. The van der Waals surface area contributed by atoms with Crippen LogP contribution in [0.3, 0.4) is 0 Å². The lowest BCUT2D eigenvalue weighted by molar-refractivity contribution is 0.0420. The van der Waals surface area contributed by atoms with Gasteiger partial charge >= 0.3 is 5.97 Å². The van der Waals surface area contributed by atoms with Gasteiger partial charge in [-0.05, 0) is 24.6 Å². The molecule has 128 valence electrons. The van der Waals surface area contributed by atoms with Crippen molar-refractivity contribution < 1.29 is 14.6 Å². The van der Waals surface area contributed by atoms with Gasteiger partial charge in [-0.15, -0.1) is 0 Å². The lowest BCUT2D eigenvalue weighted by Gasteiger charge is -2.25. The lowest BCUT2D eigenvalue weighted by atomic mass is 9.85. The molecule has 0 atom stereocenters. The van der Waals surface area contributed by atoms with Crippen molar-refractivity contribution in [1.29, 1.82) is 0 Å². The fraction of sp³-hybridized carbons (Fsp3) is 0.238. The summed E-state index contributed by atoms with van der Waals surface area (Å²) in [6.07, 6.45) is 0. The monoisotopic (exact) mass is 335 g/mol. The average Bonchev–Trinajstić information content (AvgIpc) is 2.60. The van der Waals surface area contributed by atoms with Gasteiger partial charge in [0, 0.05) is 10.8 Å². The van der Waals surface area contributed by atoms with Crippen molar-refractivity contribution in [2.24, 2.45) is 0 Å². The van der Waals surface area contributed by atoms with Crippen molar-refractivity contribution in [1.82, 2.24) is 4.98 Å². The van der Waals surface area contributed by atoms with Crippen molar-refractivity contribution in [3.8, 4) is 5.75 Å². The number of phenols is 1. The van der Waals surface area contributed by atoms with Gasteiger partial charge in [0.2, 0.25) is 0 Å². The summed E-state index contributed by atoms with van der Waals surface area (Å²) < 4.78 is 5.49. The van der Waals surface area contributed by atoms with Crippen LogP contribution in [0.5, 0.6) is 5.75 Å². The maximum absolute atomic E-state index is 12.4. The predicted molar refractivity (Wildman–Crippen MR) is 97.9 cm³/mol. The molecule has 0 aliphatic carbocycles. The van der Waals surface area contributed by atoms with Gasteiger partial charge in [0.1, 0.15) is 23.6 Å². The number of rotatable bonds is 4. The van der Waals surface area contributed by atoms with Crippen molar-refractivity contribution in [2.45, 2.75) is 26.2 Å². The number of carbonyl (C=O) groups is 1. The Balaban J connectivity index is 1.77. The molecule has 4 nitrogen and oxygen atoms in total. The molecule has 0 bridgehead atoms. The summed E-state index contributed by atoms with van der Waals surface area (Å²) in [7, 11) is 0. The molecule has 0 aliphatic heterocycles. The Labute approximate surface area is 147 Å². The van der Waals surface area contributed by atoms with Gasteiger partial charge in [-0.1, -0.05) is 61.9 Å². The molecule has 1 N–H and O–H groups in total. The third-order valence-corrected chi connectivity index (χ3v) is 4.27. The molecular weight excluding hydrogens is 314 g/mol. The molecule has 0 amide bonds. The van der Waals surface area contributed by atoms with Gasteiger partial charge in [0.25, 0.3) is 0 Å². The SMILES string of the molecule is Cc1cccc(C(C)(C)COC(=O)c2ccc3cccc(O)c3n2)c1. The predicted octanol–water partition coefficient (Wildman–Crippen LogP) is 4.38. The van der Waals surface area contributed by atoms with Crippen LogP contribution in [0, 0.1) is 6.92 Å². The molecule has 0 spiro atoms. The van der Waals surface area contributed by atoms with Crippen LogP contribution in [-0.4, -0.2) is 22.7 Å². The second-order valence-electron chi connectivity index (χ2n) is 6.87. The quantitative estimate of drug-likeness (QED) is 0.719. The Morgan fingerprint density at radius 1 is 1.12 bits per heavy atom. The number of aromatic hydroxyl groups is 1. The summed E-state index contributed by atoms with van der Waals surface area (Å²) in [6.45, 7) is 6.36. The minimum atomic E-state index is -0.495. The second kappa shape index (κ2) is 6.55. The average molecular weight is 335 g/mol. The van der Waals surface area contributed by atoms with Crippen molar-refractivity contribution in [2.75, 3.05) is 6.61 Å². The number of esters is 1. The largest absolute Gasteiger partial charge is 0.506 e. The number of phenolic OH excluding ortho intramolecular Hbond substituents is 1. The highest BCUT2D eigenvalue weighted by molar-refractivity contribution is 5.92. The van der Waals surface area contributed by atoms with E-state index in [1.165, 1.54) is 5.56 Å². The lowest BCUT2D eigenvalue weighted by Crippen LogP contribution is -2.26. The summed E-state index contributed by atoms with van der Waals surface area (Å²) in [4.78, 5) is 16.6.